The van der Waals surface area contributed by atoms with Crippen LogP contribution in [-0.4, -0.2) is 42.6 Å². The van der Waals surface area contributed by atoms with E-state index >= 15 is 0 Å². The Kier molecular flexibility index (Phi) is 6.68. The molecule has 0 bridgehead atoms. The maximum atomic E-state index is 13.1. The van der Waals surface area contributed by atoms with Crippen LogP contribution in [0.25, 0.3) is 11.1 Å². The number of nitrogens with zero attached hydrogens (tertiary/aromatic N) is 1. The third-order valence-electron chi connectivity index (χ3n) is 6.74. The zero-order valence-electron chi connectivity index (χ0n) is 19.7. The van der Waals surface area contributed by atoms with Crippen LogP contribution in [0.4, 0.5) is 11.4 Å². The summed E-state index contributed by atoms with van der Waals surface area (Å²) in [5.41, 5.74) is 3.55. The zero-order valence-corrected chi connectivity index (χ0v) is 19.7. The third kappa shape index (κ3) is 5.15. The number of fused-ring (bicyclic) bond motifs is 1. The fourth-order valence-corrected chi connectivity index (χ4v) is 4.63. The molecule has 2 aliphatic rings. The van der Waals surface area contributed by atoms with Gasteiger partial charge in [-0.1, -0.05) is 48.5 Å². The molecule has 2 N–H and O–H groups in total. The van der Waals surface area contributed by atoms with Gasteiger partial charge in [0.1, 0.15) is 0 Å². The number of carbonyl (C=O) groups excluding carboxylic acids is 2. The molecule has 0 unspecified atom stereocenters. The Morgan fingerprint density at radius 1 is 0.886 bits per heavy atom. The van der Waals surface area contributed by atoms with Crippen molar-refractivity contribution in [1.29, 1.82) is 0 Å². The Morgan fingerprint density at radius 2 is 1.60 bits per heavy atom. The molecule has 0 radical (unpaired) electrons. The lowest BCUT2D eigenvalue weighted by molar-refractivity contribution is -0.123. The van der Waals surface area contributed by atoms with E-state index in [1.54, 1.807) is 12.1 Å². The fourth-order valence-electron chi connectivity index (χ4n) is 4.63. The lowest BCUT2D eigenvalue weighted by Gasteiger charge is -2.34. The standard InChI is InChI=1S/C28H29N3O4/c1-19(27(32)30-24-10-6-5-9-23(24)20-7-3-2-4-8-20)31-15-13-21(14-16-31)28(33)29-22-11-12-25-26(17-22)35-18-34-25/h2-12,17,19,21H,13-16,18H2,1H3,(H,29,33)(H,30,32)/t19-/m1/s1. The van der Waals surface area contributed by atoms with Crippen LogP contribution in [0, 0.1) is 5.92 Å². The van der Waals surface area contributed by atoms with Gasteiger partial charge in [-0.3, -0.25) is 14.5 Å². The van der Waals surface area contributed by atoms with Gasteiger partial charge >= 0.3 is 0 Å². The molecule has 0 aromatic heterocycles. The Morgan fingerprint density at radius 3 is 2.40 bits per heavy atom. The number of likely N-dealkylation sites (tertiary alicyclic amines) is 1. The molecule has 7 nitrogen and oxygen atoms in total. The summed E-state index contributed by atoms with van der Waals surface area (Å²) in [5, 5.41) is 6.10. The highest BCUT2D eigenvalue weighted by molar-refractivity contribution is 5.98. The summed E-state index contributed by atoms with van der Waals surface area (Å²) in [7, 11) is 0. The highest BCUT2D eigenvalue weighted by Gasteiger charge is 2.30. The van der Waals surface area contributed by atoms with E-state index in [9.17, 15) is 9.59 Å². The first-order valence-corrected chi connectivity index (χ1v) is 12.0. The summed E-state index contributed by atoms with van der Waals surface area (Å²) in [6.07, 6.45) is 1.41. The van der Waals surface area contributed by atoms with E-state index in [0.717, 1.165) is 16.8 Å². The summed E-state index contributed by atoms with van der Waals surface area (Å²) < 4.78 is 10.7. The van der Waals surface area contributed by atoms with Crippen molar-refractivity contribution in [2.24, 2.45) is 5.92 Å². The minimum Gasteiger partial charge on any atom is -0.454 e. The number of anilines is 2. The van der Waals surface area contributed by atoms with Crippen LogP contribution >= 0.6 is 0 Å². The van der Waals surface area contributed by atoms with Crippen molar-refractivity contribution >= 4 is 23.2 Å². The third-order valence-corrected chi connectivity index (χ3v) is 6.74. The number of para-hydroxylation sites is 1. The summed E-state index contributed by atoms with van der Waals surface area (Å²) in [4.78, 5) is 28.0. The quantitative estimate of drug-likeness (QED) is 0.542. The number of benzene rings is 3. The second-order valence-corrected chi connectivity index (χ2v) is 8.94. The number of hydrogen-bond acceptors (Lipinski definition) is 5. The summed E-state index contributed by atoms with van der Waals surface area (Å²) in [6, 6.07) is 23.0. The monoisotopic (exact) mass is 471 g/mol. The van der Waals surface area contributed by atoms with Gasteiger partial charge in [0.05, 0.1) is 6.04 Å². The van der Waals surface area contributed by atoms with Crippen molar-refractivity contribution in [2.75, 3.05) is 30.5 Å². The molecule has 3 aromatic carbocycles. The average Bonchev–Trinajstić information content (AvgIpc) is 3.37. The van der Waals surface area contributed by atoms with Crippen LogP contribution in [0.2, 0.25) is 0 Å². The van der Waals surface area contributed by atoms with Gasteiger partial charge in [-0.15, -0.1) is 0 Å². The number of ether oxygens (including phenoxy) is 2. The molecule has 2 amide bonds. The van der Waals surface area contributed by atoms with Crippen molar-refractivity contribution in [3.05, 3.63) is 72.8 Å². The van der Waals surface area contributed by atoms with Crippen LogP contribution in [-0.2, 0) is 9.59 Å². The smallest absolute Gasteiger partial charge is 0.241 e. The van der Waals surface area contributed by atoms with Crippen molar-refractivity contribution in [3.63, 3.8) is 0 Å². The van der Waals surface area contributed by atoms with Crippen LogP contribution < -0.4 is 20.1 Å². The second kappa shape index (κ2) is 10.2. The molecule has 2 aliphatic heterocycles. The van der Waals surface area contributed by atoms with E-state index in [0.29, 0.717) is 43.1 Å². The fraction of sp³-hybridized carbons (Fsp3) is 0.286. The van der Waals surface area contributed by atoms with E-state index in [4.69, 9.17) is 9.47 Å². The van der Waals surface area contributed by atoms with E-state index < -0.39 is 0 Å². The van der Waals surface area contributed by atoms with Crippen LogP contribution in [0.5, 0.6) is 11.5 Å². The first-order valence-electron chi connectivity index (χ1n) is 12.0. The van der Waals surface area contributed by atoms with Crippen molar-refractivity contribution in [1.82, 2.24) is 4.90 Å². The molecule has 0 spiro atoms. The number of amides is 2. The SMILES string of the molecule is C[C@H](C(=O)Nc1ccccc1-c1ccccc1)N1CCC(C(=O)Nc2ccc3c(c2)OCO3)CC1. The normalized spacial score (nSPS) is 16.5. The summed E-state index contributed by atoms with van der Waals surface area (Å²) in [5.74, 6) is 1.20. The summed E-state index contributed by atoms with van der Waals surface area (Å²) >= 11 is 0. The number of nitrogens with one attached hydrogen (secondary N) is 2. The minimum atomic E-state index is -0.295. The molecule has 3 aromatic rings. The lowest BCUT2D eigenvalue weighted by Crippen LogP contribution is -2.47. The van der Waals surface area contributed by atoms with Crippen LogP contribution in [0.1, 0.15) is 19.8 Å². The zero-order chi connectivity index (χ0) is 24.2. The number of rotatable bonds is 6. The van der Waals surface area contributed by atoms with Crippen molar-refractivity contribution < 1.29 is 19.1 Å². The first-order chi connectivity index (χ1) is 17.1. The van der Waals surface area contributed by atoms with E-state index in [1.807, 2.05) is 67.6 Å². The van der Waals surface area contributed by atoms with Gasteiger partial charge in [0.2, 0.25) is 18.6 Å². The molecule has 5 rings (SSSR count). The molecule has 2 heterocycles. The molecule has 0 saturated carbocycles. The molecular formula is C28H29N3O4. The molecule has 0 aliphatic carbocycles. The van der Waals surface area contributed by atoms with Gasteiger partial charge in [-0.2, -0.15) is 0 Å². The van der Waals surface area contributed by atoms with Gasteiger partial charge in [-0.25, -0.2) is 0 Å². The van der Waals surface area contributed by atoms with E-state index in [1.165, 1.54) is 0 Å². The number of piperidine rings is 1. The maximum absolute atomic E-state index is 13.1. The topological polar surface area (TPSA) is 79.9 Å². The van der Waals surface area contributed by atoms with E-state index in [2.05, 4.69) is 15.5 Å². The van der Waals surface area contributed by atoms with Crippen molar-refractivity contribution in [2.45, 2.75) is 25.8 Å². The van der Waals surface area contributed by atoms with Gasteiger partial charge in [0.15, 0.2) is 11.5 Å². The van der Waals surface area contributed by atoms with Crippen molar-refractivity contribution in [3.8, 4) is 22.6 Å². The highest BCUT2D eigenvalue weighted by atomic mass is 16.7. The predicted molar refractivity (Wildman–Crippen MR) is 135 cm³/mol. The van der Waals surface area contributed by atoms with E-state index in [-0.39, 0.29) is 30.6 Å². The summed E-state index contributed by atoms with van der Waals surface area (Å²) in [6.45, 7) is 3.50. The van der Waals surface area contributed by atoms with Gasteiger partial charge in [-0.05, 0) is 56.6 Å². The molecule has 1 atom stereocenters. The number of carbonyl (C=O) groups is 2. The Balaban J connectivity index is 1.16. The van der Waals surface area contributed by atoms with Crippen LogP contribution in [0.15, 0.2) is 72.8 Å². The van der Waals surface area contributed by atoms with Gasteiger partial charge < -0.3 is 20.1 Å². The Labute approximate surface area is 205 Å². The molecule has 180 valence electrons. The Bertz CT molecular complexity index is 1210. The van der Waals surface area contributed by atoms with Crippen LogP contribution in [0.3, 0.4) is 0 Å². The average molecular weight is 472 g/mol. The highest BCUT2D eigenvalue weighted by Crippen LogP contribution is 2.34. The predicted octanol–water partition coefficient (Wildman–Crippen LogP) is 4.76. The number of hydrogen-bond donors (Lipinski definition) is 2. The first kappa shape index (κ1) is 22.9. The molecule has 7 heteroatoms. The Hall–Kier alpha value is -3.84. The maximum Gasteiger partial charge on any atom is 0.241 e. The molecular weight excluding hydrogens is 442 g/mol. The van der Waals surface area contributed by atoms with Gasteiger partial charge in [0.25, 0.3) is 0 Å². The lowest BCUT2D eigenvalue weighted by atomic mass is 9.94. The largest absolute Gasteiger partial charge is 0.454 e. The molecule has 35 heavy (non-hydrogen) atoms. The second-order valence-electron chi connectivity index (χ2n) is 8.94. The minimum absolute atomic E-state index is 0.00240. The molecule has 1 fully saturated rings. The van der Waals surface area contributed by atoms with Gasteiger partial charge in [0, 0.05) is 28.9 Å². The molecule has 1 saturated heterocycles.